The molecule has 0 spiro atoms. The van der Waals surface area contributed by atoms with Crippen LogP contribution in [0.25, 0.3) is 0 Å². The van der Waals surface area contributed by atoms with Gasteiger partial charge in [-0.05, 0) is 25.7 Å². The molecule has 1 saturated carbocycles. The van der Waals surface area contributed by atoms with Crippen molar-refractivity contribution in [1.82, 2.24) is 4.90 Å². The van der Waals surface area contributed by atoms with Gasteiger partial charge in [-0.15, -0.1) is 0 Å². The summed E-state index contributed by atoms with van der Waals surface area (Å²) in [5.41, 5.74) is 0. The molecule has 1 aliphatic rings. The second-order valence-corrected chi connectivity index (χ2v) is 3.64. The summed E-state index contributed by atoms with van der Waals surface area (Å²) in [6.07, 6.45) is 2.32. The Balaban J connectivity index is 1.95. The van der Waals surface area contributed by atoms with Crippen LogP contribution in [-0.2, 0) is 9.47 Å². The Kier molecular flexibility index (Phi) is 4.73. The molecule has 82 valence electrons. The number of carbonyl (C=O) groups excluding carboxylic acids is 1. The van der Waals surface area contributed by atoms with Gasteiger partial charge in [0.2, 0.25) is 0 Å². The van der Waals surface area contributed by atoms with Gasteiger partial charge in [-0.25, -0.2) is 4.79 Å². The van der Waals surface area contributed by atoms with Gasteiger partial charge >= 0.3 is 6.09 Å². The molecule has 0 aromatic carbocycles. The van der Waals surface area contributed by atoms with Crippen molar-refractivity contribution in [2.24, 2.45) is 5.92 Å². The molecule has 0 radical (unpaired) electrons. The molecule has 1 fully saturated rings. The highest BCUT2D eigenvalue weighted by molar-refractivity contribution is 5.67. The predicted molar refractivity (Wildman–Crippen MR) is 53.2 cm³/mol. The molecule has 0 aromatic heterocycles. The highest BCUT2D eigenvalue weighted by Gasteiger charge is 2.21. The standard InChI is InChI=1S/C10H19NO3/c1-3-14-10(12)11(2)6-7-13-8-9-4-5-9/h9H,3-8H2,1-2H3. The van der Waals surface area contributed by atoms with Crippen LogP contribution in [0.1, 0.15) is 19.8 Å². The summed E-state index contributed by atoms with van der Waals surface area (Å²) >= 11 is 0. The fourth-order valence-corrected chi connectivity index (χ4v) is 1.06. The number of amides is 1. The Labute approximate surface area is 85.2 Å². The minimum absolute atomic E-state index is 0.275. The molecule has 1 aliphatic carbocycles. The molecule has 4 nitrogen and oxygen atoms in total. The van der Waals surface area contributed by atoms with Crippen molar-refractivity contribution >= 4 is 6.09 Å². The van der Waals surface area contributed by atoms with E-state index in [0.29, 0.717) is 19.8 Å². The van der Waals surface area contributed by atoms with Crippen molar-refractivity contribution in [3.8, 4) is 0 Å². The molecule has 0 N–H and O–H groups in total. The lowest BCUT2D eigenvalue weighted by Gasteiger charge is -2.16. The van der Waals surface area contributed by atoms with E-state index in [1.165, 1.54) is 17.7 Å². The van der Waals surface area contributed by atoms with E-state index < -0.39 is 0 Å². The molecule has 1 rings (SSSR count). The van der Waals surface area contributed by atoms with Gasteiger partial charge in [-0.1, -0.05) is 0 Å². The minimum atomic E-state index is -0.275. The average molecular weight is 201 g/mol. The topological polar surface area (TPSA) is 38.8 Å². The highest BCUT2D eigenvalue weighted by Crippen LogP contribution is 2.28. The summed E-state index contributed by atoms with van der Waals surface area (Å²) in [6, 6.07) is 0. The van der Waals surface area contributed by atoms with Gasteiger partial charge in [0.1, 0.15) is 0 Å². The molecule has 4 heteroatoms. The van der Waals surface area contributed by atoms with Gasteiger partial charge in [0, 0.05) is 20.2 Å². The van der Waals surface area contributed by atoms with Gasteiger partial charge < -0.3 is 14.4 Å². The molecular weight excluding hydrogens is 182 g/mol. The zero-order valence-corrected chi connectivity index (χ0v) is 8.99. The van der Waals surface area contributed by atoms with E-state index in [0.717, 1.165) is 12.5 Å². The first-order valence-electron chi connectivity index (χ1n) is 5.19. The largest absolute Gasteiger partial charge is 0.450 e. The van der Waals surface area contributed by atoms with Gasteiger partial charge in [0.25, 0.3) is 0 Å². The molecule has 1 amide bonds. The second kappa shape index (κ2) is 5.86. The van der Waals surface area contributed by atoms with E-state index in [2.05, 4.69) is 0 Å². The van der Waals surface area contributed by atoms with Gasteiger partial charge in [-0.2, -0.15) is 0 Å². The van der Waals surface area contributed by atoms with Crippen molar-refractivity contribution in [3.05, 3.63) is 0 Å². The van der Waals surface area contributed by atoms with Crippen LogP contribution in [0.5, 0.6) is 0 Å². The summed E-state index contributed by atoms with van der Waals surface area (Å²) in [4.78, 5) is 12.7. The number of hydrogen-bond donors (Lipinski definition) is 0. The monoisotopic (exact) mass is 201 g/mol. The van der Waals surface area contributed by atoms with Crippen LogP contribution in [0, 0.1) is 5.92 Å². The maximum atomic E-state index is 11.1. The Morgan fingerprint density at radius 3 is 2.79 bits per heavy atom. The molecule has 0 saturated heterocycles. The summed E-state index contributed by atoms with van der Waals surface area (Å²) < 4.78 is 10.2. The lowest BCUT2D eigenvalue weighted by molar-refractivity contribution is 0.0826. The van der Waals surface area contributed by atoms with E-state index in [1.54, 1.807) is 14.0 Å². The van der Waals surface area contributed by atoms with Gasteiger partial charge in [0.05, 0.1) is 13.2 Å². The van der Waals surface area contributed by atoms with Crippen molar-refractivity contribution in [2.75, 3.05) is 33.4 Å². The first-order chi connectivity index (χ1) is 6.74. The normalized spacial score (nSPS) is 15.3. The van der Waals surface area contributed by atoms with Gasteiger partial charge in [0.15, 0.2) is 0 Å². The zero-order valence-electron chi connectivity index (χ0n) is 8.99. The fraction of sp³-hybridized carbons (Fsp3) is 0.900. The molecule has 0 bridgehead atoms. The molecule has 0 atom stereocenters. The predicted octanol–water partition coefficient (Wildman–Crippen LogP) is 1.50. The summed E-state index contributed by atoms with van der Waals surface area (Å²) in [6.45, 7) is 4.27. The second-order valence-electron chi connectivity index (χ2n) is 3.64. The van der Waals surface area contributed by atoms with E-state index in [9.17, 15) is 4.79 Å². The van der Waals surface area contributed by atoms with Crippen LogP contribution in [0.4, 0.5) is 4.79 Å². The Hall–Kier alpha value is -0.770. The SMILES string of the molecule is CCOC(=O)N(C)CCOCC1CC1. The molecular formula is C10H19NO3. The van der Waals surface area contributed by atoms with Crippen LogP contribution in [0.3, 0.4) is 0 Å². The maximum absolute atomic E-state index is 11.1. The molecule has 0 aromatic rings. The third-order valence-electron chi connectivity index (χ3n) is 2.20. The number of hydrogen-bond acceptors (Lipinski definition) is 3. The van der Waals surface area contributed by atoms with Crippen molar-refractivity contribution in [1.29, 1.82) is 0 Å². The highest BCUT2D eigenvalue weighted by atomic mass is 16.6. The number of ether oxygens (including phenoxy) is 2. The number of rotatable bonds is 6. The minimum Gasteiger partial charge on any atom is -0.450 e. The van der Waals surface area contributed by atoms with Crippen LogP contribution in [-0.4, -0.2) is 44.4 Å². The molecule has 14 heavy (non-hydrogen) atoms. The van der Waals surface area contributed by atoms with E-state index in [4.69, 9.17) is 9.47 Å². The number of likely N-dealkylation sites (N-methyl/N-ethyl adjacent to an activating group) is 1. The van der Waals surface area contributed by atoms with Crippen molar-refractivity contribution in [2.45, 2.75) is 19.8 Å². The average Bonchev–Trinajstić information content (AvgIpc) is 2.96. The van der Waals surface area contributed by atoms with Crippen molar-refractivity contribution < 1.29 is 14.3 Å². The lowest BCUT2D eigenvalue weighted by atomic mass is 10.5. The molecule has 0 unspecified atom stereocenters. The quantitative estimate of drug-likeness (QED) is 0.611. The molecule has 0 heterocycles. The summed E-state index contributed by atoms with van der Waals surface area (Å²) in [7, 11) is 1.72. The van der Waals surface area contributed by atoms with E-state index in [-0.39, 0.29) is 6.09 Å². The van der Waals surface area contributed by atoms with Crippen LogP contribution < -0.4 is 0 Å². The maximum Gasteiger partial charge on any atom is 0.409 e. The third-order valence-corrected chi connectivity index (χ3v) is 2.20. The lowest BCUT2D eigenvalue weighted by Crippen LogP contribution is -2.30. The fourth-order valence-electron chi connectivity index (χ4n) is 1.06. The molecule has 0 aliphatic heterocycles. The third kappa shape index (κ3) is 4.46. The van der Waals surface area contributed by atoms with E-state index in [1.807, 2.05) is 0 Å². The summed E-state index contributed by atoms with van der Waals surface area (Å²) in [5.74, 6) is 0.780. The van der Waals surface area contributed by atoms with Crippen LogP contribution in [0.2, 0.25) is 0 Å². The summed E-state index contributed by atoms with van der Waals surface area (Å²) in [5, 5.41) is 0. The first-order valence-corrected chi connectivity index (χ1v) is 5.19. The van der Waals surface area contributed by atoms with Crippen molar-refractivity contribution in [3.63, 3.8) is 0 Å². The number of carbonyl (C=O) groups is 1. The van der Waals surface area contributed by atoms with E-state index >= 15 is 0 Å². The Bertz CT molecular complexity index is 180. The van der Waals surface area contributed by atoms with Crippen LogP contribution in [0.15, 0.2) is 0 Å². The zero-order chi connectivity index (χ0) is 10.4. The Morgan fingerprint density at radius 1 is 1.50 bits per heavy atom. The van der Waals surface area contributed by atoms with Gasteiger partial charge in [-0.3, -0.25) is 0 Å². The van der Waals surface area contributed by atoms with Crippen LogP contribution >= 0.6 is 0 Å². The first kappa shape index (κ1) is 11.3. The Morgan fingerprint density at radius 2 is 2.21 bits per heavy atom. The number of nitrogens with zero attached hydrogens (tertiary/aromatic N) is 1. The smallest absolute Gasteiger partial charge is 0.409 e.